The minimum absolute atomic E-state index is 0.0254. The monoisotopic (exact) mass is 417 g/mol. The van der Waals surface area contributed by atoms with E-state index in [0.717, 1.165) is 42.4 Å². The number of halogens is 1. The Labute approximate surface area is 160 Å². The van der Waals surface area contributed by atoms with E-state index in [2.05, 4.69) is 21.2 Å². The normalized spacial score (nSPS) is 14.2. The number of nitro groups is 1. The molecule has 0 atom stereocenters. The van der Waals surface area contributed by atoms with Crippen LogP contribution in [0.3, 0.4) is 0 Å². The summed E-state index contributed by atoms with van der Waals surface area (Å²) in [6, 6.07) is 10.3. The van der Waals surface area contributed by atoms with Gasteiger partial charge < -0.3 is 10.2 Å². The van der Waals surface area contributed by atoms with E-state index in [-0.39, 0.29) is 17.2 Å². The highest BCUT2D eigenvalue weighted by Gasteiger charge is 2.23. The minimum Gasteiger partial charge on any atom is -0.366 e. The lowest BCUT2D eigenvalue weighted by Gasteiger charge is -2.28. The lowest BCUT2D eigenvalue weighted by Crippen LogP contribution is -2.30. The van der Waals surface area contributed by atoms with Gasteiger partial charge in [-0.1, -0.05) is 6.07 Å². The SMILES string of the molecule is Cc1ccc(NC(=O)c2ccc(N3CCCCC3)c([N+](=O)[O-])c2)c(Br)c1. The Hall–Kier alpha value is -2.41. The van der Waals surface area contributed by atoms with Gasteiger partial charge in [0.05, 0.1) is 10.6 Å². The van der Waals surface area contributed by atoms with Gasteiger partial charge in [-0.15, -0.1) is 0 Å². The maximum atomic E-state index is 12.5. The van der Waals surface area contributed by atoms with Crippen LogP contribution in [-0.2, 0) is 0 Å². The van der Waals surface area contributed by atoms with E-state index >= 15 is 0 Å². The number of hydrogen-bond donors (Lipinski definition) is 1. The van der Waals surface area contributed by atoms with Crippen molar-refractivity contribution in [2.45, 2.75) is 26.2 Å². The number of hydrogen-bond acceptors (Lipinski definition) is 4. The maximum absolute atomic E-state index is 12.5. The van der Waals surface area contributed by atoms with Crippen molar-refractivity contribution >= 4 is 38.9 Å². The number of rotatable bonds is 4. The number of nitrogens with zero attached hydrogens (tertiary/aromatic N) is 2. The fourth-order valence-electron chi connectivity index (χ4n) is 3.13. The quantitative estimate of drug-likeness (QED) is 0.566. The molecule has 0 unspecified atom stereocenters. The lowest BCUT2D eigenvalue weighted by atomic mass is 10.1. The van der Waals surface area contributed by atoms with Gasteiger partial charge in [-0.25, -0.2) is 0 Å². The molecule has 6 nitrogen and oxygen atoms in total. The van der Waals surface area contributed by atoms with Gasteiger partial charge in [-0.05, 0) is 71.9 Å². The first kappa shape index (κ1) is 18.4. The van der Waals surface area contributed by atoms with Crippen LogP contribution in [0.15, 0.2) is 40.9 Å². The average molecular weight is 418 g/mol. The van der Waals surface area contributed by atoms with Crippen molar-refractivity contribution in [1.29, 1.82) is 0 Å². The summed E-state index contributed by atoms with van der Waals surface area (Å²) in [5, 5.41) is 14.3. The molecule has 1 heterocycles. The Balaban J connectivity index is 1.86. The Bertz CT molecular complexity index is 848. The fourth-order valence-corrected chi connectivity index (χ4v) is 3.72. The van der Waals surface area contributed by atoms with Gasteiger partial charge in [-0.3, -0.25) is 14.9 Å². The number of aryl methyl sites for hydroxylation is 1. The number of carbonyl (C=O) groups excluding carboxylic acids is 1. The van der Waals surface area contributed by atoms with Gasteiger partial charge in [0, 0.05) is 29.2 Å². The summed E-state index contributed by atoms with van der Waals surface area (Å²) in [5.74, 6) is -0.372. The largest absolute Gasteiger partial charge is 0.366 e. The van der Waals surface area contributed by atoms with Crippen LogP contribution < -0.4 is 10.2 Å². The van der Waals surface area contributed by atoms with E-state index in [0.29, 0.717) is 11.4 Å². The molecule has 0 aromatic heterocycles. The fraction of sp³-hybridized carbons (Fsp3) is 0.316. The Morgan fingerprint density at radius 2 is 1.88 bits per heavy atom. The highest BCUT2D eigenvalue weighted by Crippen LogP contribution is 2.32. The first-order valence-corrected chi connectivity index (χ1v) is 9.36. The molecule has 0 radical (unpaired) electrons. The highest BCUT2D eigenvalue weighted by atomic mass is 79.9. The van der Waals surface area contributed by atoms with Crippen molar-refractivity contribution in [3.05, 3.63) is 62.1 Å². The van der Waals surface area contributed by atoms with E-state index < -0.39 is 4.92 Å². The lowest BCUT2D eigenvalue weighted by molar-refractivity contribution is -0.384. The van der Waals surface area contributed by atoms with Crippen LogP contribution in [-0.4, -0.2) is 23.9 Å². The summed E-state index contributed by atoms with van der Waals surface area (Å²) >= 11 is 3.42. The Kier molecular flexibility index (Phi) is 5.56. The molecule has 1 aliphatic rings. The van der Waals surface area contributed by atoms with Gasteiger partial charge in [-0.2, -0.15) is 0 Å². The number of benzene rings is 2. The third-order valence-electron chi connectivity index (χ3n) is 4.50. The summed E-state index contributed by atoms with van der Waals surface area (Å²) in [6.45, 7) is 3.57. The van der Waals surface area contributed by atoms with Crippen molar-refractivity contribution in [3.63, 3.8) is 0 Å². The van der Waals surface area contributed by atoms with Gasteiger partial charge in [0.25, 0.3) is 11.6 Å². The van der Waals surface area contributed by atoms with Gasteiger partial charge in [0.15, 0.2) is 0 Å². The Morgan fingerprint density at radius 3 is 2.54 bits per heavy atom. The number of carbonyl (C=O) groups is 1. The standard InChI is InChI=1S/C19H20BrN3O3/c1-13-5-7-16(15(20)11-13)21-19(24)14-6-8-17(18(12-14)23(25)26)22-9-3-2-4-10-22/h5-8,11-12H,2-4,9-10H2,1H3,(H,21,24). The van der Waals surface area contributed by atoms with Crippen LogP contribution >= 0.6 is 15.9 Å². The minimum atomic E-state index is -0.414. The molecule has 7 heteroatoms. The number of amides is 1. The first-order chi connectivity index (χ1) is 12.5. The molecule has 1 fully saturated rings. The number of nitrogens with one attached hydrogen (secondary N) is 1. The van der Waals surface area contributed by atoms with Crippen molar-refractivity contribution < 1.29 is 9.72 Å². The molecule has 0 saturated carbocycles. The summed E-state index contributed by atoms with van der Waals surface area (Å²) in [7, 11) is 0. The summed E-state index contributed by atoms with van der Waals surface area (Å²) in [6.07, 6.45) is 3.21. The molecule has 1 N–H and O–H groups in total. The summed E-state index contributed by atoms with van der Waals surface area (Å²) in [5.41, 5.74) is 2.52. The zero-order chi connectivity index (χ0) is 18.7. The molecular weight excluding hydrogens is 398 g/mol. The molecule has 3 rings (SSSR count). The first-order valence-electron chi connectivity index (χ1n) is 8.56. The van der Waals surface area contributed by atoms with Gasteiger partial charge >= 0.3 is 0 Å². The third-order valence-corrected chi connectivity index (χ3v) is 5.16. The van der Waals surface area contributed by atoms with Gasteiger partial charge in [0.2, 0.25) is 0 Å². The van der Waals surface area contributed by atoms with E-state index in [9.17, 15) is 14.9 Å². The molecular formula is C19H20BrN3O3. The molecule has 0 aliphatic carbocycles. The molecule has 2 aromatic carbocycles. The van der Waals surface area contributed by atoms with Crippen LogP contribution in [0, 0.1) is 17.0 Å². The zero-order valence-electron chi connectivity index (χ0n) is 14.5. The van der Waals surface area contributed by atoms with E-state index in [1.807, 2.05) is 24.0 Å². The van der Waals surface area contributed by atoms with Crippen LogP contribution in [0.2, 0.25) is 0 Å². The zero-order valence-corrected chi connectivity index (χ0v) is 16.1. The van der Waals surface area contributed by atoms with Crippen molar-refractivity contribution in [3.8, 4) is 0 Å². The van der Waals surface area contributed by atoms with Crippen molar-refractivity contribution in [2.24, 2.45) is 0 Å². The van der Waals surface area contributed by atoms with Gasteiger partial charge in [0.1, 0.15) is 5.69 Å². The van der Waals surface area contributed by atoms with E-state index in [1.54, 1.807) is 18.2 Å². The smallest absolute Gasteiger partial charge is 0.293 e. The topological polar surface area (TPSA) is 75.5 Å². The second-order valence-corrected chi connectivity index (χ2v) is 7.30. The number of nitro benzene ring substituents is 1. The summed E-state index contributed by atoms with van der Waals surface area (Å²) < 4.78 is 0.769. The van der Waals surface area contributed by atoms with E-state index in [4.69, 9.17) is 0 Å². The van der Waals surface area contributed by atoms with E-state index in [1.165, 1.54) is 6.07 Å². The highest BCUT2D eigenvalue weighted by molar-refractivity contribution is 9.10. The van der Waals surface area contributed by atoms with Crippen LogP contribution in [0.1, 0.15) is 35.2 Å². The molecule has 26 heavy (non-hydrogen) atoms. The number of anilines is 2. The summed E-state index contributed by atoms with van der Waals surface area (Å²) in [4.78, 5) is 25.7. The number of piperidine rings is 1. The molecule has 0 spiro atoms. The molecule has 0 bridgehead atoms. The third kappa shape index (κ3) is 4.04. The maximum Gasteiger partial charge on any atom is 0.293 e. The van der Waals surface area contributed by atoms with Crippen molar-refractivity contribution in [1.82, 2.24) is 0 Å². The predicted molar refractivity (Wildman–Crippen MR) is 106 cm³/mol. The molecule has 2 aromatic rings. The van der Waals surface area contributed by atoms with Crippen LogP contribution in [0.4, 0.5) is 17.1 Å². The molecule has 1 amide bonds. The predicted octanol–water partition coefficient (Wildman–Crippen LogP) is 4.91. The molecule has 136 valence electrons. The molecule has 1 aliphatic heterocycles. The Morgan fingerprint density at radius 1 is 1.15 bits per heavy atom. The van der Waals surface area contributed by atoms with Crippen molar-refractivity contribution in [2.75, 3.05) is 23.3 Å². The molecule has 1 saturated heterocycles. The second kappa shape index (κ2) is 7.86. The second-order valence-electron chi connectivity index (χ2n) is 6.45. The average Bonchev–Trinajstić information content (AvgIpc) is 2.64. The van der Waals surface area contributed by atoms with Crippen LogP contribution in [0.5, 0.6) is 0 Å². The van der Waals surface area contributed by atoms with Crippen LogP contribution in [0.25, 0.3) is 0 Å².